The Morgan fingerprint density at radius 3 is 3.15 bits per heavy atom. The molecule has 0 bridgehead atoms. The number of nitrogens with zero attached hydrogens (tertiary/aromatic N) is 4. The van der Waals surface area contributed by atoms with Crippen LogP contribution < -0.4 is 0 Å². The number of aliphatic hydroxyl groups excluding tert-OH is 1. The lowest BCUT2D eigenvalue weighted by Crippen LogP contribution is -2.22. The van der Waals surface area contributed by atoms with Crippen molar-refractivity contribution in [3.8, 4) is 0 Å². The van der Waals surface area contributed by atoms with Crippen LogP contribution in [0.25, 0.3) is 0 Å². The zero-order valence-electron chi connectivity index (χ0n) is 7.42. The highest BCUT2D eigenvalue weighted by atomic mass is 16.7. The number of aryl methyl sites for hydroxylation is 1. The Morgan fingerprint density at radius 1 is 1.77 bits per heavy atom. The van der Waals surface area contributed by atoms with E-state index in [-0.39, 0.29) is 6.10 Å². The second-order valence-electron chi connectivity index (χ2n) is 3.07. The van der Waals surface area contributed by atoms with Crippen molar-refractivity contribution in [2.75, 3.05) is 13.2 Å². The minimum atomic E-state index is -0.381. The molecule has 2 rings (SSSR count). The van der Waals surface area contributed by atoms with Gasteiger partial charge in [0.25, 0.3) is 0 Å². The Kier molecular flexibility index (Phi) is 2.26. The van der Waals surface area contributed by atoms with Gasteiger partial charge in [-0.25, -0.2) is 4.98 Å². The second-order valence-corrected chi connectivity index (χ2v) is 3.07. The molecule has 1 aromatic heterocycles. The molecule has 1 N–H and O–H groups in total. The monoisotopic (exact) mass is 184 g/mol. The van der Waals surface area contributed by atoms with Gasteiger partial charge in [0.1, 0.15) is 12.2 Å². The van der Waals surface area contributed by atoms with E-state index in [0.717, 1.165) is 5.82 Å². The first kappa shape index (κ1) is 8.61. The van der Waals surface area contributed by atoms with Crippen molar-refractivity contribution in [1.82, 2.24) is 19.8 Å². The molecule has 0 radical (unpaired) electrons. The molecule has 1 atom stereocenters. The predicted molar refractivity (Wildman–Crippen MR) is 43.4 cm³/mol. The predicted octanol–water partition coefficient (Wildman–Crippen LogP) is -1.08. The molecule has 0 unspecified atom stereocenters. The Balaban J connectivity index is 1.95. The van der Waals surface area contributed by atoms with Crippen LogP contribution in [0, 0.1) is 0 Å². The van der Waals surface area contributed by atoms with E-state index in [0.29, 0.717) is 19.7 Å². The van der Waals surface area contributed by atoms with Crippen molar-refractivity contribution in [3.63, 3.8) is 0 Å². The number of hydroxylamine groups is 2. The summed E-state index contributed by atoms with van der Waals surface area (Å²) in [6, 6.07) is 0. The largest absolute Gasteiger partial charge is 0.389 e. The fraction of sp³-hybridized carbons (Fsp3) is 0.714. The molecular weight excluding hydrogens is 172 g/mol. The Labute approximate surface area is 75.7 Å². The minimum absolute atomic E-state index is 0.373. The Morgan fingerprint density at radius 2 is 2.62 bits per heavy atom. The zero-order valence-corrected chi connectivity index (χ0v) is 7.42. The highest BCUT2D eigenvalue weighted by Crippen LogP contribution is 2.08. The third kappa shape index (κ3) is 1.85. The van der Waals surface area contributed by atoms with Gasteiger partial charge >= 0.3 is 0 Å². The topological polar surface area (TPSA) is 63.4 Å². The molecule has 13 heavy (non-hydrogen) atoms. The van der Waals surface area contributed by atoms with Gasteiger partial charge in [0, 0.05) is 7.05 Å². The highest BCUT2D eigenvalue weighted by molar-refractivity contribution is 4.83. The number of aliphatic hydroxyl groups is 1. The van der Waals surface area contributed by atoms with Gasteiger partial charge in [-0.05, 0) is 0 Å². The molecule has 1 aliphatic heterocycles. The van der Waals surface area contributed by atoms with Crippen LogP contribution in [0.4, 0.5) is 0 Å². The molecule has 0 amide bonds. The molecule has 6 nitrogen and oxygen atoms in total. The van der Waals surface area contributed by atoms with Crippen LogP contribution in [0.1, 0.15) is 5.82 Å². The van der Waals surface area contributed by atoms with Crippen molar-refractivity contribution in [1.29, 1.82) is 0 Å². The van der Waals surface area contributed by atoms with Crippen LogP contribution in [0.15, 0.2) is 6.33 Å². The van der Waals surface area contributed by atoms with Crippen LogP contribution in [-0.4, -0.2) is 44.2 Å². The van der Waals surface area contributed by atoms with E-state index in [9.17, 15) is 5.11 Å². The number of rotatable bonds is 2. The molecule has 1 aliphatic rings. The SMILES string of the molecule is Cn1ncnc1CN1C[C@H](O)CO1. The van der Waals surface area contributed by atoms with E-state index in [2.05, 4.69) is 10.1 Å². The maximum absolute atomic E-state index is 9.19. The molecule has 0 aromatic carbocycles. The quantitative estimate of drug-likeness (QED) is 0.633. The summed E-state index contributed by atoms with van der Waals surface area (Å²) >= 11 is 0. The third-order valence-electron chi connectivity index (χ3n) is 1.99. The van der Waals surface area contributed by atoms with Crippen LogP contribution in [-0.2, 0) is 18.4 Å². The molecular formula is C7H12N4O2. The Bertz CT molecular complexity index is 288. The second kappa shape index (κ2) is 3.41. The summed E-state index contributed by atoms with van der Waals surface area (Å²) in [5, 5.41) is 14.8. The number of β-amino-alcohol motifs (C(OH)–C–C–N with tert-alkyl or cyclic N) is 1. The van der Waals surface area contributed by atoms with Gasteiger partial charge in [-0.1, -0.05) is 0 Å². The fourth-order valence-electron chi connectivity index (χ4n) is 1.26. The summed E-state index contributed by atoms with van der Waals surface area (Å²) in [6.07, 6.45) is 1.12. The molecule has 72 valence electrons. The first-order valence-electron chi connectivity index (χ1n) is 4.14. The van der Waals surface area contributed by atoms with Crippen LogP contribution in [0.2, 0.25) is 0 Å². The van der Waals surface area contributed by atoms with E-state index in [1.54, 1.807) is 9.75 Å². The van der Waals surface area contributed by atoms with E-state index < -0.39 is 0 Å². The summed E-state index contributed by atoms with van der Waals surface area (Å²) < 4.78 is 1.69. The standard InChI is InChI=1S/C7H12N4O2/c1-10-7(8-5-9-10)3-11-2-6(12)4-13-11/h5-6,12H,2-4H2,1H3/t6-/m0/s1. The molecule has 0 spiro atoms. The van der Waals surface area contributed by atoms with E-state index >= 15 is 0 Å². The number of hydrogen-bond donors (Lipinski definition) is 1. The van der Waals surface area contributed by atoms with Crippen molar-refractivity contribution in [2.45, 2.75) is 12.6 Å². The fourth-order valence-corrected chi connectivity index (χ4v) is 1.26. The third-order valence-corrected chi connectivity index (χ3v) is 1.99. The van der Waals surface area contributed by atoms with Gasteiger partial charge in [0.05, 0.1) is 25.8 Å². The van der Waals surface area contributed by atoms with Crippen LogP contribution in [0.3, 0.4) is 0 Å². The molecule has 2 heterocycles. The lowest BCUT2D eigenvalue weighted by Gasteiger charge is -2.11. The minimum Gasteiger partial charge on any atom is -0.389 e. The lowest BCUT2D eigenvalue weighted by molar-refractivity contribution is -0.119. The van der Waals surface area contributed by atoms with Gasteiger partial charge in [-0.2, -0.15) is 10.2 Å². The summed E-state index contributed by atoms with van der Waals surface area (Å²) in [5.41, 5.74) is 0. The molecule has 6 heteroatoms. The summed E-state index contributed by atoms with van der Waals surface area (Å²) in [4.78, 5) is 9.25. The van der Waals surface area contributed by atoms with Gasteiger partial charge < -0.3 is 5.11 Å². The van der Waals surface area contributed by atoms with Crippen LogP contribution in [0.5, 0.6) is 0 Å². The first-order chi connectivity index (χ1) is 6.25. The van der Waals surface area contributed by atoms with Gasteiger partial charge in [0.15, 0.2) is 0 Å². The van der Waals surface area contributed by atoms with E-state index in [1.165, 1.54) is 6.33 Å². The molecule has 1 aromatic rings. The summed E-state index contributed by atoms with van der Waals surface area (Å²) in [6.45, 7) is 1.47. The number of hydrogen-bond acceptors (Lipinski definition) is 5. The van der Waals surface area contributed by atoms with Gasteiger partial charge in [0.2, 0.25) is 0 Å². The van der Waals surface area contributed by atoms with Crippen molar-refractivity contribution >= 4 is 0 Å². The van der Waals surface area contributed by atoms with Crippen LogP contribution >= 0.6 is 0 Å². The maximum Gasteiger partial charge on any atom is 0.143 e. The summed E-state index contributed by atoms with van der Waals surface area (Å²) in [7, 11) is 1.83. The van der Waals surface area contributed by atoms with E-state index in [1.807, 2.05) is 7.05 Å². The average molecular weight is 184 g/mol. The van der Waals surface area contributed by atoms with E-state index in [4.69, 9.17) is 4.84 Å². The van der Waals surface area contributed by atoms with Crippen molar-refractivity contribution in [3.05, 3.63) is 12.2 Å². The van der Waals surface area contributed by atoms with Gasteiger partial charge in [-0.15, -0.1) is 0 Å². The normalized spacial score (nSPS) is 24.0. The average Bonchev–Trinajstić information content (AvgIpc) is 2.64. The highest BCUT2D eigenvalue weighted by Gasteiger charge is 2.22. The van der Waals surface area contributed by atoms with Crippen molar-refractivity contribution in [2.24, 2.45) is 7.05 Å². The molecule has 1 saturated heterocycles. The zero-order chi connectivity index (χ0) is 9.26. The lowest BCUT2D eigenvalue weighted by atomic mass is 10.4. The summed E-state index contributed by atoms with van der Waals surface area (Å²) in [5.74, 6) is 0.828. The maximum atomic E-state index is 9.19. The smallest absolute Gasteiger partial charge is 0.143 e. The van der Waals surface area contributed by atoms with Crippen molar-refractivity contribution < 1.29 is 9.94 Å². The first-order valence-corrected chi connectivity index (χ1v) is 4.14. The molecule has 1 fully saturated rings. The Hall–Kier alpha value is -0.980. The molecule has 0 aliphatic carbocycles. The number of aromatic nitrogens is 3. The molecule has 0 saturated carbocycles. The van der Waals surface area contributed by atoms with Gasteiger partial charge in [-0.3, -0.25) is 9.52 Å².